The van der Waals surface area contributed by atoms with E-state index in [1.54, 1.807) is 6.92 Å². The fourth-order valence-electron chi connectivity index (χ4n) is 1.01. The molecule has 1 saturated heterocycles. The van der Waals surface area contributed by atoms with Crippen LogP contribution in [0, 0.1) is 0 Å². The number of hydrogen-bond donors (Lipinski definition) is 0. The quantitative estimate of drug-likeness (QED) is 0.589. The Morgan fingerprint density at radius 3 is 2.75 bits per heavy atom. The van der Waals surface area contributed by atoms with E-state index < -0.39 is 18.2 Å². The van der Waals surface area contributed by atoms with E-state index in [0.29, 0.717) is 0 Å². The third-order valence-electron chi connectivity index (χ3n) is 1.66. The SMILES string of the molecule is CC(F)C(=O)N1C(=O)OCC1C. The Labute approximate surface area is 69.3 Å². The lowest BCUT2D eigenvalue weighted by Crippen LogP contribution is -2.41. The highest BCUT2D eigenvalue weighted by Gasteiger charge is 2.37. The van der Waals surface area contributed by atoms with Crippen molar-refractivity contribution in [1.29, 1.82) is 0 Å². The van der Waals surface area contributed by atoms with Crippen molar-refractivity contribution in [3.63, 3.8) is 0 Å². The van der Waals surface area contributed by atoms with Crippen LogP contribution in [0.25, 0.3) is 0 Å². The van der Waals surface area contributed by atoms with Gasteiger partial charge in [-0.05, 0) is 13.8 Å². The average Bonchev–Trinajstić information content (AvgIpc) is 2.30. The van der Waals surface area contributed by atoms with Gasteiger partial charge in [0.25, 0.3) is 5.91 Å². The number of nitrogens with zero attached hydrogens (tertiary/aromatic N) is 1. The molecule has 0 spiro atoms. The fourth-order valence-corrected chi connectivity index (χ4v) is 1.01. The van der Waals surface area contributed by atoms with Gasteiger partial charge in [-0.1, -0.05) is 0 Å². The Bertz CT molecular complexity index is 217. The molecule has 1 aliphatic rings. The second-order valence-corrected chi connectivity index (χ2v) is 2.75. The Kier molecular flexibility index (Phi) is 2.30. The van der Waals surface area contributed by atoms with E-state index >= 15 is 0 Å². The molecule has 0 aromatic carbocycles. The summed E-state index contributed by atoms with van der Waals surface area (Å²) in [4.78, 5) is 22.7. The lowest BCUT2D eigenvalue weighted by Gasteiger charge is -2.15. The van der Waals surface area contributed by atoms with Gasteiger partial charge in [-0.3, -0.25) is 4.79 Å². The van der Waals surface area contributed by atoms with E-state index in [2.05, 4.69) is 4.74 Å². The first-order valence-corrected chi connectivity index (χ1v) is 3.68. The molecule has 68 valence electrons. The molecular weight excluding hydrogens is 165 g/mol. The molecule has 2 unspecified atom stereocenters. The van der Waals surface area contributed by atoms with Gasteiger partial charge in [0.15, 0.2) is 6.17 Å². The molecule has 0 aromatic rings. The average molecular weight is 175 g/mol. The van der Waals surface area contributed by atoms with E-state index in [1.165, 1.54) is 0 Å². The standard InChI is InChI=1S/C7H10FNO3/c1-4-3-12-7(11)9(4)6(10)5(2)8/h4-5H,3H2,1-2H3. The zero-order valence-electron chi connectivity index (χ0n) is 6.91. The van der Waals surface area contributed by atoms with Gasteiger partial charge in [0.05, 0.1) is 6.04 Å². The predicted molar refractivity (Wildman–Crippen MR) is 38.2 cm³/mol. The summed E-state index contributed by atoms with van der Waals surface area (Å²) in [6.07, 6.45) is -2.41. The number of amides is 2. The minimum absolute atomic E-state index is 0.150. The summed E-state index contributed by atoms with van der Waals surface area (Å²) in [7, 11) is 0. The third kappa shape index (κ3) is 1.39. The second-order valence-electron chi connectivity index (χ2n) is 2.75. The number of carbonyl (C=O) groups is 2. The molecule has 0 radical (unpaired) electrons. The number of carbonyl (C=O) groups excluding carboxylic acids is 2. The molecular formula is C7H10FNO3. The van der Waals surface area contributed by atoms with Gasteiger partial charge < -0.3 is 4.74 Å². The number of cyclic esters (lactones) is 1. The number of rotatable bonds is 1. The van der Waals surface area contributed by atoms with Crippen LogP contribution in [0.3, 0.4) is 0 Å². The van der Waals surface area contributed by atoms with Crippen molar-refractivity contribution in [2.45, 2.75) is 26.1 Å². The Morgan fingerprint density at radius 1 is 1.83 bits per heavy atom. The predicted octanol–water partition coefficient (Wildman–Crippen LogP) is 0.712. The summed E-state index contributed by atoms with van der Waals surface area (Å²) in [5.41, 5.74) is 0. The Morgan fingerprint density at radius 2 is 2.42 bits per heavy atom. The van der Waals surface area contributed by atoms with Gasteiger partial charge in [-0.2, -0.15) is 0 Å². The smallest absolute Gasteiger partial charge is 0.417 e. The maximum absolute atomic E-state index is 12.5. The highest BCUT2D eigenvalue weighted by Crippen LogP contribution is 2.13. The number of imide groups is 1. The van der Waals surface area contributed by atoms with Crippen molar-refractivity contribution < 1.29 is 18.7 Å². The number of alkyl halides is 1. The van der Waals surface area contributed by atoms with Crippen molar-refractivity contribution >= 4 is 12.0 Å². The maximum atomic E-state index is 12.5. The Balaban J connectivity index is 2.73. The first-order chi connectivity index (χ1) is 5.54. The summed E-state index contributed by atoms with van der Waals surface area (Å²) in [5, 5.41) is 0. The summed E-state index contributed by atoms with van der Waals surface area (Å²) < 4.78 is 17.0. The first-order valence-electron chi connectivity index (χ1n) is 3.68. The van der Waals surface area contributed by atoms with Crippen LogP contribution in [0.2, 0.25) is 0 Å². The molecule has 12 heavy (non-hydrogen) atoms. The van der Waals surface area contributed by atoms with E-state index in [0.717, 1.165) is 11.8 Å². The van der Waals surface area contributed by atoms with Crippen LogP contribution < -0.4 is 0 Å². The van der Waals surface area contributed by atoms with Crippen LogP contribution in [0.5, 0.6) is 0 Å². The van der Waals surface area contributed by atoms with Gasteiger partial charge >= 0.3 is 6.09 Å². The van der Waals surface area contributed by atoms with Crippen molar-refractivity contribution in [1.82, 2.24) is 4.90 Å². The van der Waals surface area contributed by atoms with Crippen LogP contribution in [0.1, 0.15) is 13.8 Å². The van der Waals surface area contributed by atoms with Crippen LogP contribution >= 0.6 is 0 Å². The van der Waals surface area contributed by atoms with Crippen LogP contribution in [0.15, 0.2) is 0 Å². The summed E-state index contributed by atoms with van der Waals surface area (Å²) in [5.74, 6) is -0.829. The van der Waals surface area contributed by atoms with Gasteiger partial charge in [0.1, 0.15) is 6.61 Å². The second kappa shape index (κ2) is 3.08. The molecule has 1 rings (SSSR count). The minimum Gasteiger partial charge on any atom is -0.447 e. The molecule has 0 aliphatic carbocycles. The van der Waals surface area contributed by atoms with Gasteiger partial charge in [-0.15, -0.1) is 0 Å². The van der Waals surface area contributed by atoms with Crippen molar-refractivity contribution in [3.05, 3.63) is 0 Å². The normalized spacial score (nSPS) is 25.4. The zero-order chi connectivity index (χ0) is 9.30. The van der Waals surface area contributed by atoms with E-state index in [9.17, 15) is 14.0 Å². The lowest BCUT2D eigenvalue weighted by molar-refractivity contribution is -0.133. The molecule has 1 fully saturated rings. The summed E-state index contributed by atoms with van der Waals surface area (Å²) in [6.45, 7) is 2.88. The van der Waals surface area contributed by atoms with Crippen LogP contribution in [-0.4, -0.2) is 35.7 Å². The molecule has 4 nitrogen and oxygen atoms in total. The fraction of sp³-hybridized carbons (Fsp3) is 0.714. The van der Waals surface area contributed by atoms with Gasteiger partial charge in [0, 0.05) is 0 Å². The van der Waals surface area contributed by atoms with Gasteiger partial charge in [0.2, 0.25) is 0 Å². The summed E-state index contributed by atoms with van der Waals surface area (Å²) >= 11 is 0. The zero-order valence-corrected chi connectivity index (χ0v) is 6.91. The molecule has 0 aromatic heterocycles. The lowest BCUT2D eigenvalue weighted by atomic mass is 10.3. The highest BCUT2D eigenvalue weighted by atomic mass is 19.1. The molecule has 0 bridgehead atoms. The molecule has 1 aliphatic heterocycles. The minimum atomic E-state index is -1.65. The molecule has 2 atom stereocenters. The maximum Gasteiger partial charge on any atom is 0.417 e. The molecule has 2 amide bonds. The molecule has 0 saturated carbocycles. The van der Waals surface area contributed by atoms with Crippen molar-refractivity contribution in [2.75, 3.05) is 6.61 Å². The topological polar surface area (TPSA) is 46.6 Å². The number of ether oxygens (including phenoxy) is 1. The van der Waals surface area contributed by atoms with Crippen LogP contribution in [-0.2, 0) is 9.53 Å². The largest absolute Gasteiger partial charge is 0.447 e. The van der Waals surface area contributed by atoms with E-state index in [4.69, 9.17) is 0 Å². The Hall–Kier alpha value is -1.13. The first kappa shape index (κ1) is 8.96. The van der Waals surface area contributed by atoms with Crippen molar-refractivity contribution in [3.8, 4) is 0 Å². The van der Waals surface area contributed by atoms with Crippen LogP contribution in [0.4, 0.5) is 9.18 Å². The molecule has 5 heteroatoms. The molecule has 1 heterocycles. The summed E-state index contributed by atoms with van der Waals surface area (Å²) in [6, 6.07) is -0.358. The third-order valence-corrected chi connectivity index (χ3v) is 1.66. The van der Waals surface area contributed by atoms with E-state index in [-0.39, 0.29) is 12.6 Å². The number of halogens is 1. The molecule has 0 N–H and O–H groups in total. The van der Waals surface area contributed by atoms with Gasteiger partial charge in [-0.25, -0.2) is 14.1 Å². The number of hydrogen-bond acceptors (Lipinski definition) is 3. The van der Waals surface area contributed by atoms with Crippen molar-refractivity contribution in [2.24, 2.45) is 0 Å². The van der Waals surface area contributed by atoms with E-state index in [1.807, 2.05) is 0 Å². The highest BCUT2D eigenvalue weighted by molar-refractivity contribution is 5.95. The monoisotopic (exact) mass is 175 g/mol.